The molecular weight excluding hydrogens is 570 g/mol. The number of hydrogen-bond donors (Lipinski definition) is 2. The quantitative estimate of drug-likeness (QED) is 0.183. The molecule has 10 heteroatoms. The molecule has 2 aromatic rings. The summed E-state index contributed by atoms with van der Waals surface area (Å²) in [6.45, 7) is 8.83. The standard InChI is InChI=1S/C35H47N5O5/c1-2-19-39(35(43)36-22-26-13-15-31(16-14-26)40(44)45)30-17-20-37(21-18-30)23-29-24-38(25-32(29)27-9-5-3-6-10-27)33(34(41)42)28-11-7-4-8-12-28/h2-3,5-6,9-10,13-16,28-30,32-33H,1,4,7-8,11-12,17-25H2,(H,36,43)(H,41,42)/t29-,32+,33+/m0/s1. The van der Waals surface area contributed by atoms with Gasteiger partial charge in [0.25, 0.3) is 5.69 Å². The first-order chi connectivity index (χ1) is 21.8. The molecular formula is C35H47N5O5. The third-order valence-electron chi connectivity index (χ3n) is 10.1. The number of nitrogens with one attached hydrogen (secondary N) is 1. The second-order valence-corrected chi connectivity index (χ2v) is 13.0. The van der Waals surface area contributed by atoms with E-state index in [0.29, 0.717) is 19.0 Å². The van der Waals surface area contributed by atoms with Crippen LogP contribution in [0.3, 0.4) is 0 Å². The lowest BCUT2D eigenvalue weighted by atomic mass is 9.83. The molecule has 3 fully saturated rings. The van der Waals surface area contributed by atoms with Crippen molar-refractivity contribution < 1.29 is 19.6 Å². The van der Waals surface area contributed by atoms with Crippen molar-refractivity contribution in [3.8, 4) is 0 Å². The van der Waals surface area contributed by atoms with E-state index >= 15 is 0 Å². The van der Waals surface area contributed by atoms with Crippen LogP contribution in [0.25, 0.3) is 0 Å². The van der Waals surface area contributed by atoms with Crippen LogP contribution in [-0.4, -0.2) is 88.1 Å². The van der Waals surface area contributed by atoms with E-state index in [1.807, 2.05) is 11.0 Å². The summed E-state index contributed by atoms with van der Waals surface area (Å²) in [6, 6.07) is 16.3. The Bertz CT molecular complexity index is 1290. The first-order valence-electron chi connectivity index (χ1n) is 16.5. The number of nitrogens with zero attached hydrogens (tertiary/aromatic N) is 4. The van der Waals surface area contributed by atoms with Crippen LogP contribution in [-0.2, 0) is 11.3 Å². The summed E-state index contributed by atoms with van der Waals surface area (Å²) in [7, 11) is 0. The number of nitro benzene ring substituents is 1. The lowest BCUT2D eigenvalue weighted by molar-refractivity contribution is -0.384. The van der Waals surface area contributed by atoms with Crippen molar-refractivity contribution in [3.63, 3.8) is 0 Å². The molecule has 5 rings (SSSR count). The first kappa shape index (κ1) is 32.6. The fourth-order valence-corrected chi connectivity index (χ4v) is 7.80. The highest BCUT2D eigenvalue weighted by Crippen LogP contribution is 2.38. The minimum absolute atomic E-state index is 0.0245. The van der Waals surface area contributed by atoms with E-state index in [-0.39, 0.29) is 29.6 Å². The number of carboxylic acids is 1. The number of likely N-dealkylation sites (tertiary alicyclic amines) is 2. The van der Waals surface area contributed by atoms with Gasteiger partial charge in [-0.15, -0.1) is 6.58 Å². The molecule has 2 aromatic carbocycles. The van der Waals surface area contributed by atoms with Crippen molar-refractivity contribution in [2.24, 2.45) is 11.8 Å². The van der Waals surface area contributed by atoms with Gasteiger partial charge in [-0.05, 0) is 48.6 Å². The van der Waals surface area contributed by atoms with Crippen molar-refractivity contribution in [1.82, 2.24) is 20.0 Å². The van der Waals surface area contributed by atoms with Gasteiger partial charge in [-0.1, -0.05) is 67.8 Å². The van der Waals surface area contributed by atoms with Crippen molar-refractivity contribution in [2.45, 2.75) is 69.5 Å². The van der Waals surface area contributed by atoms with Crippen molar-refractivity contribution >= 4 is 17.7 Å². The van der Waals surface area contributed by atoms with Crippen LogP contribution >= 0.6 is 0 Å². The van der Waals surface area contributed by atoms with Crippen LogP contribution in [0.15, 0.2) is 67.3 Å². The maximum atomic E-state index is 13.2. The van der Waals surface area contributed by atoms with Crippen molar-refractivity contribution in [3.05, 3.63) is 88.5 Å². The molecule has 0 bridgehead atoms. The van der Waals surface area contributed by atoms with Crippen LogP contribution in [0.4, 0.5) is 10.5 Å². The Kier molecular flexibility index (Phi) is 11.2. The third-order valence-corrected chi connectivity index (χ3v) is 10.1. The fourth-order valence-electron chi connectivity index (χ4n) is 7.80. The number of carbonyl (C=O) groups is 2. The van der Waals surface area contributed by atoms with E-state index in [4.69, 9.17) is 0 Å². The molecule has 0 radical (unpaired) electrons. The Hall–Kier alpha value is -3.76. The molecule has 1 aliphatic carbocycles. The molecule has 3 aliphatic rings. The molecule has 0 unspecified atom stereocenters. The number of piperidine rings is 1. The van der Waals surface area contributed by atoms with Crippen LogP contribution in [0.5, 0.6) is 0 Å². The molecule has 0 spiro atoms. The number of rotatable bonds is 12. The van der Waals surface area contributed by atoms with Crippen LogP contribution < -0.4 is 5.32 Å². The summed E-state index contributed by atoms with van der Waals surface area (Å²) in [5, 5.41) is 24.2. The molecule has 2 heterocycles. The van der Waals surface area contributed by atoms with E-state index in [1.54, 1.807) is 18.2 Å². The molecule has 242 valence electrons. The smallest absolute Gasteiger partial charge is 0.321 e. The summed E-state index contributed by atoms with van der Waals surface area (Å²) >= 11 is 0. The average molecular weight is 618 g/mol. The van der Waals surface area contributed by atoms with Crippen molar-refractivity contribution in [2.75, 3.05) is 39.3 Å². The molecule has 45 heavy (non-hydrogen) atoms. The second-order valence-electron chi connectivity index (χ2n) is 13.0. The van der Waals surface area contributed by atoms with Gasteiger partial charge >= 0.3 is 12.0 Å². The number of nitro groups is 1. The topological polar surface area (TPSA) is 119 Å². The first-order valence-corrected chi connectivity index (χ1v) is 16.5. The zero-order valence-corrected chi connectivity index (χ0v) is 26.1. The maximum Gasteiger partial charge on any atom is 0.321 e. The van der Waals surface area contributed by atoms with Gasteiger partial charge in [-0.2, -0.15) is 0 Å². The summed E-state index contributed by atoms with van der Waals surface area (Å²) in [5.41, 5.74) is 2.11. The number of benzene rings is 2. The van der Waals surface area contributed by atoms with E-state index in [9.17, 15) is 24.8 Å². The van der Waals surface area contributed by atoms with E-state index in [0.717, 1.165) is 76.8 Å². The second kappa shape index (κ2) is 15.5. The van der Waals surface area contributed by atoms with Gasteiger partial charge in [0.15, 0.2) is 0 Å². The lowest BCUT2D eigenvalue weighted by Gasteiger charge is -2.39. The summed E-state index contributed by atoms with van der Waals surface area (Å²) < 4.78 is 0. The molecule has 2 aliphatic heterocycles. The molecule has 2 amide bonds. The largest absolute Gasteiger partial charge is 0.480 e. The highest BCUT2D eigenvalue weighted by molar-refractivity contribution is 5.75. The number of amides is 2. The van der Waals surface area contributed by atoms with E-state index in [1.165, 1.54) is 24.1 Å². The van der Waals surface area contributed by atoms with Gasteiger partial charge in [0, 0.05) is 69.9 Å². The zero-order valence-electron chi connectivity index (χ0n) is 26.1. The molecule has 2 N–H and O–H groups in total. The van der Waals surface area contributed by atoms with Gasteiger partial charge in [-0.25, -0.2) is 4.79 Å². The monoisotopic (exact) mass is 617 g/mol. The lowest BCUT2D eigenvalue weighted by Crippen LogP contribution is -2.51. The van der Waals surface area contributed by atoms with E-state index in [2.05, 4.69) is 46.0 Å². The van der Waals surface area contributed by atoms with Crippen LogP contribution in [0.2, 0.25) is 0 Å². The predicted molar refractivity (Wildman–Crippen MR) is 174 cm³/mol. The number of hydrogen-bond acceptors (Lipinski definition) is 6. The number of carbonyl (C=O) groups excluding carboxylic acids is 1. The molecule has 3 atom stereocenters. The van der Waals surface area contributed by atoms with Gasteiger partial charge in [0.2, 0.25) is 0 Å². The summed E-state index contributed by atoms with van der Waals surface area (Å²) in [6.07, 6.45) is 8.92. The van der Waals surface area contributed by atoms with Gasteiger partial charge < -0.3 is 20.2 Å². The minimum atomic E-state index is -0.677. The normalized spacial score (nSPS) is 22.5. The van der Waals surface area contributed by atoms with Crippen LogP contribution in [0.1, 0.15) is 62.0 Å². The van der Waals surface area contributed by atoms with Crippen molar-refractivity contribution in [1.29, 1.82) is 0 Å². The Morgan fingerprint density at radius 1 is 1.02 bits per heavy atom. The Morgan fingerprint density at radius 2 is 1.71 bits per heavy atom. The number of carboxylic acid groups (broad SMARTS) is 1. The number of urea groups is 1. The Morgan fingerprint density at radius 3 is 2.33 bits per heavy atom. The van der Waals surface area contributed by atoms with Gasteiger partial charge in [0.1, 0.15) is 6.04 Å². The molecule has 10 nitrogen and oxygen atoms in total. The average Bonchev–Trinajstić information content (AvgIpc) is 3.46. The summed E-state index contributed by atoms with van der Waals surface area (Å²) in [4.78, 5) is 42.9. The maximum absolute atomic E-state index is 13.2. The van der Waals surface area contributed by atoms with E-state index < -0.39 is 16.9 Å². The SMILES string of the molecule is C=CCN(C(=O)NCc1ccc([N+](=O)[O-])cc1)C1CCN(C[C@H]2CN([C@@H](C(=O)O)C3CCCCC3)C[C@@H]2c2ccccc2)CC1. The number of non-ortho nitro benzene ring substituents is 1. The van der Waals surface area contributed by atoms with Gasteiger partial charge in [-0.3, -0.25) is 19.8 Å². The van der Waals surface area contributed by atoms with Crippen LogP contribution in [0, 0.1) is 22.0 Å². The highest BCUT2D eigenvalue weighted by Gasteiger charge is 2.43. The summed E-state index contributed by atoms with van der Waals surface area (Å²) in [5.74, 6) is 0.175. The molecule has 1 saturated carbocycles. The predicted octanol–water partition coefficient (Wildman–Crippen LogP) is 5.51. The minimum Gasteiger partial charge on any atom is -0.480 e. The molecule has 2 saturated heterocycles. The Balaban J connectivity index is 1.19. The highest BCUT2D eigenvalue weighted by atomic mass is 16.6. The Labute approximate surface area is 266 Å². The zero-order chi connectivity index (χ0) is 31.8. The molecule has 0 aromatic heterocycles. The van der Waals surface area contributed by atoms with Gasteiger partial charge in [0.05, 0.1) is 4.92 Å². The third kappa shape index (κ3) is 8.29. The number of aliphatic carboxylic acids is 1. The fraction of sp³-hybridized carbons (Fsp3) is 0.543.